The summed E-state index contributed by atoms with van der Waals surface area (Å²) in [5.74, 6) is -0.278. The van der Waals surface area contributed by atoms with E-state index in [4.69, 9.17) is 0 Å². The summed E-state index contributed by atoms with van der Waals surface area (Å²) >= 11 is 0. The van der Waals surface area contributed by atoms with Gasteiger partial charge in [-0.15, -0.1) is 4.40 Å². The number of anilines is 1. The Hall–Kier alpha value is -3.27. The fourth-order valence-electron chi connectivity index (χ4n) is 3.64. The number of carbonyl (C=O) groups is 1. The topological polar surface area (TPSA) is 122 Å². The summed E-state index contributed by atoms with van der Waals surface area (Å²) in [5.41, 5.74) is 0.801. The molecule has 1 saturated heterocycles. The number of carbonyl (C=O) groups excluding carboxylic acids is 1. The Morgan fingerprint density at radius 1 is 1.21 bits per heavy atom. The molecule has 1 atom stereocenters. The number of non-ortho nitro benzene ring substituents is 1. The van der Waals surface area contributed by atoms with Crippen LogP contribution in [0, 0.1) is 16.0 Å². The summed E-state index contributed by atoms with van der Waals surface area (Å²) in [4.78, 5) is 25.1. The minimum Gasteiger partial charge on any atom is -0.355 e. The summed E-state index contributed by atoms with van der Waals surface area (Å²) < 4.78 is 28.5. The molecule has 150 valence electrons. The third kappa shape index (κ3) is 3.70. The van der Waals surface area contributed by atoms with E-state index in [0.29, 0.717) is 43.0 Å². The maximum Gasteiger partial charge on any atom is 0.285 e. The van der Waals surface area contributed by atoms with Gasteiger partial charge in [-0.25, -0.2) is 0 Å². The lowest BCUT2D eigenvalue weighted by atomic mass is 9.96. The van der Waals surface area contributed by atoms with Gasteiger partial charge < -0.3 is 10.2 Å². The fourth-order valence-corrected chi connectivity index (χ4v) is 4.87. The SMILES string of the molecule is O=C(Nc1cccc([N+](=O)[O-])c1)C1CCCN(C2=NS(=O)(=O)c3ccccc32)C1. The molecule has 2 aromatic rings. The molecule has 1 amide bonds. The first-order valence-electron chi connectivity index (χ1n) is 9.10. The van der Waals surface area contributed by atoms with Crippen molar-refractivity contribution in [2.75, 3.05) is 18.4 Å². The van der Waals surface area contributed by atoms with E-state index in [1.807, 2.05) is 4.90 Å². The molecule has 0 radical (unpaired) electrons. The van der Waals surface area contributed by atoms with E-state index in [9.17, 15) is 23.3 Å². The number of amides is 1. The largest absolute Gasteiger partial charge is 0.355 e. The number of amidine groups is 1. The molecular weight excluding hydrogens is 396 g/mol. The summed E-state index contributed by atoms with van der Waals surface area (Å²) in [7, 11) is -3.72. The lowest BCUT2D eigenvalue weighted by Gasteiger charge is -2.33. The van der Waals surface area contributed by atoms with Crippen molar-refractivity contribution in [3.8, 4) is 0 Å². The van der Waals surface area contributed by atoms with Crippen LogP contribution in [0.25, 0.3) is 0 Å². The zero-order valence-electron chi connectivity index (χ0n) is 15.3. The second-order valence-electron chi connectivity index (χ2n) is 6.97. The van der Waals surface area contributed by atoms with Gasteiger partial charge in [0.15, 0.2) is 5.84 Å². The summed E-state index contributed by atoms with van der Waals surface area (Å²) in [6.45, 7) is 0.923. The molecule has 2 heterocycles. The molecule has 1 fully saturated rings. The highest BCUT2D eigenvalue weighted by Crippen LogP contribution is 2.30. The standard InChI is InChI=1S/C19H18N4O5S/c24-19(20-14-6-3-7-15(11-14)23(25)26)13-5-4-10-22(12-13)18-16-8-1-2-9-17(16)29(27,28)21-18/h1-3,6-9,11,13H,4-5,10,12H2,(H,20,24). The van der Waals surface area contributed by atoms with E-state index >= 15 is 0 Å². The minimum atomic E-state index is -3.72. The van der Waals surface area contributed by atoms with E-state index in [1.54, 1.807) is 24.3 Å². The molecule has 10 heteroatoms. The van der Waals surface area contributed by atoms with E-state index in [2.05, 4.69) is 9.71 Å². The van der Waals surface area contributed by atoms with Crippen LogP contribution in [0.15, 0.2) is 57.8 Å². The van der Waals surface area contributed by atoms with Crippen LogP contribution in [-0.2, 0) is 14.8 Å². The number of hydrogen-bond donors (Lipinski definition) is 1. The Bertz CT molecular complexity index is 1130. The van der Waals surface area contributed by atoms with Gasteiger partial charge in [0, 0.05) is 36.5 Å². The molecule has 0 aromatic heterocycles. The van der Waals surface area contributed by atoms with Gasteiger partial charge in [-0.2, -0.15) is 8.42 Å². The van der Waals surface area contributed by atoms with Crippen LogP contribution < -0.4 is 5.32 Å². The number of fused-ring (bicyclic) bond motifs is 1. The van der Waals surface area contributed by atoms with Crippen LogP contribution >= 0.6 is 0 Å². The van der Waals surface area contributed by atoms with Gasteiger partial charge in [-0.1, -0.05) is 18.2 Å². The molecule has 0 aliphatic carbocycles. The second-order valence-corrected chi connectivity index (χ2v) is 8.54. The molecule has 9 nitrogen and oxygen atoms in total. The van der Waals surface area contributed by atoms with Crippen LogP contribution in [-0.4, -0.2) is 43.1 Å². The Morgan fingerprint density at radius 3 is 2.79 bits per heavy atom. The normalized spacial score (nSPS) is 19.9. The maximum atomic E-state index is 12.7. The molecule has 0 bridgehead atoms. The summed E-state index contributed by atoms with van der Waals surface area (Å²) in [6.07, 6.45) is 1.34. The first kappa shape index (κ1) is 19.1. The third-order valence-corrected chi connectivity index (χ3v) is 6.35. The Kier molecular flexibility index (Phi) is 4.79. The van der Waals surface area contributed by atoms with Crippen LogP contribution in [0.5, 0.6) is 0 Å². The smallest absolute Gasteiger partial charge is 0.285 e. The number of nitrogens with zero attached hydrogens (tertiary/aromatic N) is 3. The number of nitro benzene ring substituents is 1. The number of sulfonamides is 1. The predicted octanol–water partition coefficient (Wildman–Crippen LogP) is 2.39. The second kappa shape index (κ2) is 7.28. The van der Waals surface area contributed by atoms with Gasteiger partial charge in [0.25, 0.3) is 15.7 Å². The molecule has 0 saturated carbocycles. The van der Waals surface area contributed by atoms with Crippen LogP contribution in [0.4, 0.5) is 11.4 Å². The first-order chi connectivity index (χ1) is 13.8. The molecule has 4 rings (SSSR count). The quantitative estimate of drug-likeness (QED) is 0.608. The van der Waals surface area contributed by atoms with Crippen molar-refractivity contribution in [3.05, 3.63) is 64.2 Å². The number of rotatable bonds is 3. The molecule has 29 heavy (non-hydrogen) atoms. The van der Waals surface area contributed by atoms with Gasteiger partial charge in [-0.3, -0.25) is 14.9 Å². The molecule has 2 aromatic carbocycles. The number of piperidine rings is 1. The Morgan fingerprint density at radius 2 is 2.00 bits per heavy atom. The first-order valence-corrected chi connectivity index (χ1v) is 10.5. The number of hydrogen-bond acceptors (Lipinski definition) is 6. The van der Waals surface area contributed by atoms with E-state index in [0.717, 1.165) is 0 Å². The summed E-state index contributed by atoms with van der Waals surface area (Å²) in [6, 6.07) is 12.4. The Balaban J connectivity index is 1.51. The zero-order chi connectivity index (χ0) is 20.6. The molecular formula is C19H18N4O5S. The minimum absolute atomic E-state index is 0.102. The highest BCUT2D eigenvalue weighted by Gasteiger charge is 2.35. The van der Waals surface area contributed by atoms with Crippen LogP contribution in [0.1, 0.15) is 18.4 Å². The van der Waals surface area contributed by atoms with Crippen molar-refractivity contribution >= 4 is 33.1 Å². The molecule has 0 spiro atoms. The van der Waals surface area contributed by atoms with E-state index < -0.39 is 14.9 Å². The highest BCUT2D eigenvalue weighted by atomic mass is 32.2. The zero-order valence-corrected chi connectivity index (χ0v) is 16.1. The molecule has 2 aliphatic rings. The monoisotopic (exact) mass is 414 g/mol. The maximum absolute atomic E-state index is 12.7. The molecule has 1 N–H and O–H groups in total. The fraction of sp³-hybridized carbons (Fsp3) is 0.263. The van der Waals surface area contributed by atoms with Crippen molar-refractivity contribution in [2.45, 2.75) is 17.7 Å². The van der Waals surface area contributed by atoms with Gasteiger partial charge in [0.1, 0.15) is 4.90 Å². The average Bonchev–Trinajstić information content (AvgIpc) is 3.00. The van der Waals surface area contributed by atoms with Crippen molar-refractivity contribution in [1.29, 1.82) is 0 Å². The van der Waals surface area contributed by atoms with Crippen molar-refractivity contribution < 1.29 is 18.1 Å². The number of likely N-dealkylation sites (tertiary alicyclic amines) is 1. The van der Waals surface area contributed by atoms with E-state index in [-0.39, 0.29) is 22.4 Å². The van der Waals surface area contributed by atoms with Crippen LogP contribution in [0.3, 0.4) is 0 Å². The van der Waals surface area contributed by atoms with Crippen molar-refractivity contribution in [1.82, 2.24) is 4.90 Å². The van der Waals surface area contributed by atoms with Crippen molar-refractivity contribution in [3.63, 3.8) is 0 Å². The number of benzene rings is 2. The summed E-state index contributed by atoms with van der Waals surface area (Å²) in [5, 5.41) is 13.6. The Labute approximate surface area is 167 Å². The van der Waals surface area contributed by atoms with E-state index in [1.165, 1.54) is 24.3 Å². The van der Waals surface area contributed by atoms with Crippen LogP contribution in [0.2, 0.25) is 0 Å². The van der Waals surface area contributed by atoms with Gasteiger partial charge >= 0.3 is 0 Å². The number of nitrogens with one attached hydrogen (secondary N) is 1. The average molecular weight is 414 g/mol. The predicted molar refractivity (Wildman–Crippen MR) is 106 cm³/mol. The molecule has 1 unspecified atom stereocenters. The third-order valence-electron chi connectivity index (χ3n) is 5.03. The van der Waals surface area contributed by atoms with Gasteiger partial charge in [-0.05, 0) is 31.0 Å². The van der Waals surface area contributed by atoms with Gasteiger partial charge in [0.2, 0.25) is 5.91 Å². The number of nitro groups is 1. The highest BCUT2D eigenvalue weighted by molar-refractivity contribution is 7.90. The lowest BCUT2D eigenvalue weighted by Crippen LogP contribution is -2.43. The van der Waals surface area contributed by atoms with Crippen molar-refractivity contribution in [2.24, 2.45) is 10.3 Å². The lowest BCUT2D eigenvalue weighted by molar-refractivity contribution is -0.384. The van der Waals surface area contributed by atoms with Gasteiger partial charge in [0.05, 0.1) is 10.8 Å². The molecule has 2 aliphatic heterocycles.